The van der Waals surface area contributed by atoms with Gasteiger partial charge < -0.3 is 9.64 Å². The molecule has 0 bridgehead atoms. The van der Waals surface area contributed by atoms with E-state index in [-0.39, 0.29) is 6.10 Å². The van der Waals surface area contributed by atoms with Crippen LogP contribution in [0.15, 0.2) is 0 Å². The molecular weight excluding hydrogens is 178 g/mol. The summed E-state index contributed by atoms with van der Waals surface area (Å²) in [5.41, 5.74) is 0. The van der Waals surface area contributed by atoms with Crippen molar-refractivity contribution in [2.75, 3.05) is 33.8 Å². The van der Waals surface area contributed by atoms with E-state index in [9.17, 15) is 0 Å². The molecule has 1 atom stereocenters. The van der Waals surface area contributed by atoms with Gasteiger partial charge in [-0.15, -0.1) is 0 Å². The summed E-state index contributed by atoms with van der Waals surface area (Å²) in [5.74, 6) is 0.565. The van der Waals surface area contributed by atoms with E-state index in [1.54, 1.807) is 0 Å². The maximum Gasteiger partial charge on any atom is 0.127 e. The molecule has 1 unspecified atom stereocenters. The normalized spacial score (nSPS) is 23.9. The molecule has 0 radical (unpaired) electrons. The zero-order chi connectivity index (χ0) is 10.7. The first kappa shape index (κ1) is 11.5. The van der Waals surface area contributed by atoms with Crippen LogP contribution in [0.1, 0.15) is 13.8 Å². The van der Waals surface area contributed by atoms with E-state index in [2.05, 4.69) is 18.7 Å². The van der Waals surface area contributed by atoms with E-state index >= 15 is 0 Å². The fraction of sp³-hybridized carbons (Fsp3) is 0.900. The Morgan fingerprint density at radius 1 is 1.50 bits per heavy atom. The average molecular weight is 199 g/mol. The van der Waals surface area contributed by atoms with Crippen molar-refractivity contribution in [3.63, 3.8) is 0 Å². The summed E-state index contributed by atoms with van der Waals surface area (Å²) in [6.45, 7) is 6.92. The van der Waals surface area contributed by atoms with Crippen molar-refractivity contribution in [3.05, 3.63) is 0 Å². The summed E-state index contributed by atoms with van der Waals surface area (Å²) in [6.07, 6.45) is -0.0545. The standard InChI is InChI=1S/C10H21N3O/c1-8(2)13-5-6-14-9(7-13)10(11)12(3)4/h8-9,11H,5-7H2,1-4H3. The predicted molar refractivity (Wildman–Crippen MR) is 57.9 cm³/mol. The number of likely N-dealkylation sites (N-methyl/N-ethyl adjacent to an activating group) is 1. The average Bonchev–Trinajstić information content (AvgIpc) is 2.16. The zero-order valence-electron chi connectivity index (χ0n) is 9.58. The largest absolute Gasteiger partial charge is 0.368 e. The van der Waals surface area contributed by atoms with Crippen LogP contribution in [0.2, 0.25) is 0 Å². The SMILES string of the molecule is CC(C)N1CCOC(C(=N)N(C)C)C1. The van der Waals surface area contributed by atoms with Crippen LogP contribution in [0, 0.1) is 5.41 Å². The molecule has 1 aliphatic rings. The van der Waals surface area contributed by atoms with Gasteiger partial charge >= 0.3 is 0 Å². The molecule has 1 N–H and O–H groups in total. The van der Waals surface area contributed by atoms with E-state index in [1.165, 1.54) is 0 Å². The topological polar surface area (TPSA) is 39.6 Å². The van der Waals surface area contributed by atoms with Crippen LogP contribution in [-0.2, 0) is 4.74 Å². The highest BCUT2D eigenvalue weighted by Crippen LogP contribution is 2.10. The van der Waals surface area contributed by atoms with E-state index in [1.807, 2.05) is 19.0 Å². The summed E-state index contributed by atoms with van der Waals surface area (Å²) >= 11 is 0. The van der Waals surface area contributed by atoms with Gasteiger partial charge in [-0.2, -0.15) is 0 Å². The monoisotopic (exact) mass is 199 g/mol. The Bertz CT molecular complexity index is 204. The summed E-state index contributed by atoms with van der Waals surface area (Å²) in [4.78, 5) is 4.17. The minimum Gasteiger partial charge on any atom is -0.368 e. The number of amidine groups is 1. The Morgan fingerprint density at radius 3 is 2.64 bits per heavy atom. The minimum atomic E-state index is -0.0545. The molecule has 82 valence electrons. The number of morpholine rings is 1. The van der Waals surface area contributed by atoms with Crippen LogP contribution in [0.5, 0.6) is 0 Å². The van der Waals surface area contributed by atoms with Crippen molar-refractivity contribution in [1.29, 1.82) is 5.41 Å². The lowest BCUT2D eigenvalue weighted by Gasteiger charge is -2.36. The molecular formula is C10H21N3O. The van der Waals surface area contributed by atoms with E-state index in [4.69, 9.17) is 10.1 Å². The van der Waals surface area contributed by atoms with Crippen LogP contribution in [-0.4, -0.2) is 61.6 Å². The van der Waals surface area contributed by atoms with Gasteiger partial charge in [0.1, 0.15) is 11.9 Å². The molecule has 0 aliphatic carbocycles. The van der Waals surface area contributed by atoms with Gasteiger partial charge in [-0.1, -0.05) is 0 Å². The first-order valence-electron chi connectivity index (χ1n) is 5.13. The summed E-state index contributed by atoms with van der Waals surface area (Å²) in [6, 6.07) is 0.538. The quantitative estimate of drug-likeness (QED) is 0.524. The Labute approximate surface area is 86.3 Å². The van der Waals surface area contributed by atoms with Gasteiger partial charge in [-0.25, -0.2) is 0 Å². The van der Waals surface area contributed by atoms with Gasteiger partial charge in [0.15, 0.2) is 0 Å². The van der Waals surface area contributed by atoms with E-state index in [0.29, 0.717) is 11.9 Å². The van der Waals surface area contributed by atoms with Gasteiger partial charge in [0.2, 0.25) is 0 Å². The predicted octanol–water partition coefficient (Wildman–Crippen LogP) is 0.634. The molecule has 0 aromatic heterocycles. The van der Waals surface area contributed by atoms with Crippen molar-refractivity contribution >= 4 is 5.84 Å². The molecule has 1 heterocycles. The minimum absolute atomic E-state index is 0.0545. The van der Waals surface area contributed by atoms with Gasteiger partial charge in [0.05, 0.1) is 6.61 Å². The lowest BCUT2D eigenvalue weighted by molar-refractivity contribution is -0.00992. The first-order chi connectivity index (χ1) is 6.52. The molecule has 4 heteroatoms. The molecule has 0 saturated carbocycles. The first-order valence-corrected chi connectivity index (χ1v) is 5.13. The Hall–Kier alpha value is -0.610. The van der Waals surface area contributed by atoms with Crippen molar-refractivity contribution < 1.29 is 4.74 Å². The highest BCUT2D eigenvalue weighted by atomic mass is 16.5. The van der Waals surface area contributed by atoms with Crippen molar-refractivity contribution in [2.24, 2.45) is 0 Å². The zero-order valence-corrected chi connectivity index (χ0v) is 9.58. The van der Waals surface area contributed by atoms with Gasteiger partial charge in [0.25, 0.3) is 0 Å². The van der Waals surface area contributed by atoms with E-state index < -0.39 is 0 Å². The molecule has 0 amide bonds. The number of rotatable bonds is 2. The van der Waals surface area contributed by atoms with Gasteiger partial charge in [-0.05, 0) is 13.8 Å². The van der Waals surface area contributed by atoms with Crippen LogP contribution < -0.4 is 0 Å². The highest BCUT2D eigenvalue weighted by molar-refractivity contribution is 5.83. The molecule has 1 saturated heterocycles. The third-order valence-electron chi connectivity index (χ3n) is 2.61. The second-order valence-corrected chi connectivity index (χ2v) is 4.23. The number of hydrogen-bond donors (Lipinski definition) is 1. The third-order valence-corrected chi connectivity index (χ3v) is 2.61. The molecule has 0 aromatic carbocycles. The number of nitrogens with one attached hydrogen (secondary N) is 1. The van der Waals surface area contributed by atoms with Crippen molar-refractivity contribution in [3.8, 4) is 0 Å². The lowest BCUT2D eigenvalue weighted by atomic mass is 10.2. The highest BCUT2D eigenvalue weighted by Gasteiger charge is 2.26. The fourth-order valence-corrected chi connectivity index (χ4v) is 1.59. The maximum absolute atomic E-state index is 7.84. The van der Waals surface area contributed by atoms with E-state index in [0.717, 1.165) is 19.7 Å². The lowest BCUT2D eigenvalue weighted by Crippen LogP contribution is -2.51. The van der Waals surface area contributed by atoms with Crippen LogP contribution >= 0.6 is 0 Å². The Morgan fingerprint density at radius 2 is 2.14 bits per heavy atom. The molecule has 0 spiro atoms. The molecule has 1 aliphatic heterocycles. The Balaban J connectivity index is 2.51. The third kappa shape index (κ3) is 2.69. The molecule has 14 heavy (non-hydrogen) atoms. The number of hydrogen-bond acceptors (Lipinski definition) is 3. The van der Waals surface area contributed by atoms with Crippen molar-refractivity contribution in [2.45, 2.75) is 26.0 Å². The summed E-state index contributed by atoms with van der Waals surface area (Å²) in [5, 5.41) is 7.84. The van der Waals surface area contributed by atoms with Crippen LogP contribution in [0.25, 0.3) is 0 Å². The second-order valence-electron chi connectivity index (χ2n) is 4.23. The second kappa shape index (κ2) is 4.75. The number of ether oxygens (including phenoxy) is 1. The molecule has 0 aromatic rings. The van der Waals surface area contributed by atoms with Crippen molar-refractivity contribution in [1.82, 2.24) is 9.80 Å². The molecule has 1 rings (SSSR count). The maximum atomic E-state index is 7.84. The molecule has 1 fully saturated rings. The van der Waals surface area contributed by atoms with Crippen LogP contribution in [0.4, 0.5) is 0 Å². The molecule has 4 nitrogen and oxygen atoms in total. The van der Waals surface area contributed by atoms with Gasteiger partial charge in [0, 0.05) is 33.2 Å². The fourth-order valence-electron chi connectivity index (χ4n) is 1.59. The van der Waals surface area contributed by atoms with Gasteiger partial charge in [-0.3, -0.25) is 10.3 Å². The Kier molecular flexibility index (Phi) is 3.89. The smallest absolute Gasteiger partial charge is 0.127 e. The van der Waals surface area contributed by atoms with Crippen LogP contribution in [0.3, 0.4) is 0 Å². The summed E-state index contributed by atoms with van der Waals surface area (Å²) < 4.78 is 5.57. The number of nitrogens with zero attached hydrogens (tertiary/aromatic N) is 2. The summed E-state index contributed by atoms with van der Waals surface area (Å²) in [7, 11) is 3.78.